The quantitative estimate of drug-likeness (QED) is 0.883. The summed E-state index contributed by atoms with van der Waals surface area (Å²) in [4.78, 5) is 4.42. The molecule has 0 aliphatic heterocycles. The molecule has 1 atom stereocenters. The van der Waals surface area contributed by atoms with Crippen molar-refractivity contribution in [3.63, 3.8) is 0 Å². The van der Waals surface area contributed by atoms with E-state index >= 15 is 0 Å². The molecule has 3 nitrogen and oxygen atoms in total. The van der Waals surface area contributed by atoms with Crippen LogP contribution in [0, 0.1) is 0 Å². The van der Waals surface area contributed by atoms with Crippen LogP contribution in [-0.2, 0) is 19.4 Å². The molecular weight excluding hydrogens is 293 g/mol. The molecule has 0 saturated heterocycles. The van der Waals surface area contributed by atoms with Crippen LogP contribution in [-0.4, -0.2) is 22.6 Å². The van der Waals surface area contributed by atoms with Gasteiger partial charge in [-0.05, 0) is 38.1 Å². The third-order valence-electron chi connectivity index (χ3n) is 3.49. The molecule has 0 saturated carbocycles. The summed E-state index contributed by atoms with van der Waals surface area (Å²) in [5, 5.41) is 4.76. The average Bonchev–Trinajstić information content (AvgIpc) is 2.88. The molecule has 0 spiro atoms. The maximum atomic E-state index is 6.24. The van der Waals surface area contributed by atoms with Gasteiger partial charge in [-0.25, -0.2) is 4.98 Å². The summed E-state index contributed by atoms with van der Waals surface area (Å²) < 4.78 is 2.15. The lowest BCUT2D eigenvalue weighted by atomic mass is 10.0. The third kappa shape index (κ3) is 3.54. The van der Waals surface area contributed by atoms with Crippen LogP contribution in [0.1, 0.15) is 18.3 Å². The van der Waals surface area contributed by atoms with E-state index in [1.807, 2.05) is 37.6 Å². The second-order valence-corrected chi connectivity index (χ2v) is 5.54. The van der Waals surface area contributed by atoms with Crippen molar-refractivity contribution in [1.29, 1.82) is 0 Å². The largest absolute Gasteiger partial charge is 0.335 e. The molecule has 1 unspecified atom stereocenters. The minimum Gasteiger partial charge on any atom is -0.335 e. The first kappa shape index (κ1) is 15.4. The number of likely N-dealkylation sites (N-methyl/N-ethyl adjacent to an activating group) is 1. The van der Waals surface area contributed by atoms with Crippen LogP contribution < -0.4 is 5.32 Å². The second-order valence-electron chi connectivity index (χ2n) is 4.72. The molecule has 1 N–H and O–H groups in total. The highest BCUT2D eigenvalue weighted by atomic mass is 35.5. The van der Waals surface area contributed by atoms with E-state index in [1.54, 1.807) is 0 Å². The van der Waals surface area contributed by atoms with E-state index < -0.39 is 0 Å². The molecule has 5 heteroatoms. The lowest BCUT2D eigenvalue weighted by Gasteiger charge is -2.18. The number of aryl methyl sites for hydroxylation is 1. The number of nitrogens with one attached hydrogen (secondary N) is 1. The monoisotopic (exact) mass is 311 g/mol. The summed E-state index contributed by atoms with van der Waals surface area (Å²) in [7, 11) is 1.95. The van der Waals surface area contributed by atoms with E-state index in [2.05, 4.69) is 21.8 Å². The van der Waals surface area contributed by atoms with Gasteiger partial charge in [0.05, 0.1) is 0 Å². The summed E-state index contributed by atoms with van der Waals surface area (Å²) in [5.74, 6) is 1.08. The van der Waals surface area contributed by atoms with Crippen LogP contribution in [0.15, 0.2) is 30.6 Å². The van der Waals surface area contributed by atoms with Crippen LogP contribution in [0.25, 0.3) is 0 Å². The number of imidazole rings is 1. The summed E-state index contributed by atoms with van der Waals surface area (Å²) >= 11 is 12.5. The molecule has 0 aliphatic rings. The number of nitrogens with zero attached hydrogens (tertiary/aromatic N) is 2. The number of hydrogen-bond donors (Lipinski definition) is 1. The first-order valence-electron chi connectivity index (χ1n) is 6.75. The van der Waals surface area contributed by atoms with Gasteiger partial charge in [-0.1, -0.05) is 29.3 Å². The van der Waals surface area contributed by atoms with Crippen molar-refractivity contribution in [2.75, 3.05) is 7.05 Å². The van der Waals surface area contributed by atoms with E-state index in [4.69, 9.17) is 23.2 Å². The minimum absolute atomic E-state index is 0.250. The zero-order valence-corrected chi connectivity index (χ0v) is 13.2. The Bertz CT molecular complexity index is 546. The summed E-state index contributed by atoms with van der Waals surface area (Å²) in [5.41, 5.74) is 0.991. The Balaban J connectivity index is 2.13. The van der Waals surface area contributed by atoms with Gasteiger partial charge in [-0.3, -0.25) is 0 Å². The predicted octanol–water partition coefficient (Wildman–Crippen LogP) is 3.58. The van der Waals surface area contributed by atoms with E-state index in [0.717, 1.165) is 40.8 Å². The Morgan fingerprint density at radius 3 is 2.55 bits per heavy atom. The SMILES string of the molecule is CCn1ccnc1CC(Cc1c(Cl)cccc1Cl)NC. The van der Waals surface area contributed by atoms with Gasteiger partial charge in [0.15, 0.2) is 0 Å². The van der Waals surface area contributed by atoms with Crippen molar-refractivity contribution in [3.05, 3.63) is 52.0 Å². The Labute approximate surface area is 129 Å². The molecule has 1 heterocycles. The fourth-order valence-corrected chi connectivity index (χ4v) is 2.84. The van der Waals surface area contributed by atoms with Crippen LogP contribution >= 0.6 is 23.2 Å². The molecule has 0 aliphatic carbocycles. The van der Waals surface area contributed by atoms with Crippen molar-refractivity contribution >= 4 is 23.2 Å². The van der Waals surface area contributed by atoms with E-state index in [-0.39, 0.29) is 6.04 Å². The zero-order chi connectivity index (χ0) is 14.5. The van der Waals surface area contributed by atoms with Crippen molar-refractivity contribution in [3.8, 4) is 0 Å². The lowest BCUT2D eigenvalue weighted by Crippen LogP contribution is -2.31. The Kier molecular flexibility index (Phi) is 5.46. The predicted molar refractivity (Wildman–Crippen MR) is 84.6 cm³/mol. The highest BCUT2D eigenvalue weighted by molar-refractivity contribution is 6.36. The highest BCUT2D eigenvalue weighted by Crippen LogP contribution is 2.26. The van der Waals surface area contributed by atoms with Gasteiger partial charge in [-0.2, -0.15) is 0 Å². The molecule has 0 fully saturated rings. The van der Waals surface area contributed by atoms with Crippen molar-refractivity contribution in [1.82, 2.24) is 14.9 Å². The first-order chi connectivity index (χ1) is 9.65. The average molecular weight is 312 g/mol. The molecule has 2 rings (SSSR count). The van der Waals surface area contributed by atoms with Crippen molar-refractivity contribution in [2.24, 2.45) is 0 Å². The normalized spacial score (nSPS) is 12.6. The molecule has 0 bridgehead atoms. The maximum absolute atomic E-state index is 6.24. The van der Waals surface area contributed by atoms with E-state index in [9.17, 15) is 0 Å². The van der Waals surface area contributed by atoms with Crippen LogP contribution in [0.5, 0.6) is 0 Å². The Morgan fingerprint density at radius 1 is 1.25 bits per heavy atom. The zero-order valence-electron chi connectivity index (χ0n) is 11.7. The minimum atomic E-state index is 0.250. The van der Waals surface area contributed by atoms with Gasteiger partial charge in [0.1, 0.15) is 5.82 Å². The van der Waals surface area contributed by atoms with Crippen molar-refractivity contribution in [2.45, 2.75) is 32.4 Å². The van der Waals surface area contributed by atoms with Gasteiger partial charge < -0.3 is 9.88 Å². The van der Waals surface area contributed by atoms with Crippen molar-refractivity contribution < 1.29 is 0 Å². The van der Waals surface area contributed by atoms with Crippen LogP contribution in [0.3, 0.4) is 0 Å². The van der Waals surface area contributed by atoms with Gasteiger partial charge in [-0.15, -0.1) is 0 Å². The molecule has 1 aromatic carbocycles. The fraction of sp³-hybridized carbons (Fsp3) is 0.400. The Morgan fingerprint density at radius 2 is 1.95 bits per heavy atom. The lowest BCUT2D eigenvalue weighted by molar-refractivity contribution is 0.527. The highest BCUT2D eigenvalue weighted by Gasteiger charge is 2.15. The summed E-state index contributed by atoms with van der Waals surface area (Å²) in [6.07, 6.45) is 5.48. The molecule has 2 aromatic rings. The third-order valence-corrected chi connectivity index (χ3v) is 4.20. The van der Waals surface area contributed by atoms with Crippen LogP contribution in [0.2, 0.25) is 10.0 Å². The topological polar surface area (TPSA) is 29.9 Å². The van der Waals surface area contributed by atoms with Crippen LogP contribution in [0.4, 0.5) is 0 Å². The number of benzene rings is 1. The Hall–Kier alpha value is -1.03. The maximum Gasteiger partial charge on any atom is 0.110 e. The molecule has 0 radical (unpaired) electrons. The number of hydrogen-bond acceptors (Lipinski definition) is 2. The number of aromatic nitrogens is 2. The molecule has 20 heavy (non-hydrogen) atoms. The summed E-state index contributed by atoms with van der Waals surface area (Å²) in [6.45, 7) is 3.04. The first-order valence-corrected chi connectivity index (χ1v) is 7.51. The standard InChI is InChI=1S/C15H19Cl2N3/c1-3-20-8-7-19-15(20)10-11(18-2)9-12-13(16)5-4-6-14(12)17/h4-8,11,18H,3,9-10H2,1-2H3. The smallest absolute Gasteiger partial charge is 0.110 e. The number of halogens is 2. The molecular formula is C15H19Cl2N3. The molecule has 108 valence electrons. The van der Waals surface area contributed by atoms with E-state index in [1.165, 1.54) is 0 Å². The van der Waals surface area contributed by atoms with Gasteiger partial charge in [0.2, 0.25) is 0 Å². The summed E-state index contributed by atoms with van der Waals surface area (Å²) in [6, 6.07) is 5.87. The number of rotatable bonds is 6. The fourth-order valence-electron chi connectivity index (χ4n) is 2.29. The van der Waals surface area contributed by atoms with Gasteiger partial charge in [0.25, 0.3) is 0 Å². The molecule has 0 amide bonds. The van der Waals surface area contributed by atoms with E-state index in [0.29, 0.717) is 0 Å². The van der Waals surface area contributed by atoms with Gasteiger partial charge in [0, 0.05) is 41.4 Å². The van der Waals surface area contributed by atoms with Gasteiger partial charge >= 0.3 is 0 Å². The molecule has 1 aromatic heterocycles. The second kappa shape index (κ2) is 7.11.